The highest BCUT2D eigenvalue weighted by molar-refractivity contribution is 14.0. The molecule has 0 saturated heterocycles. The largest absolute Gasteiger partial charge is 0.356 e. The molecule has 0 unspecified atom stereocenters. The lowest BCUT2D eigenvalue weighted by Crippen LogP contribution is -2.38. The minimum Gasteiger partial charge on any atom is -0.356 e. The number of aliphatic imine (C=N–C) groups is 1. The van der Waals surface area contributed by atoms with Crippen LogP contribution in [0.4, 0.5) is 0 Å². The highest BCUT2D eigenvalue weighted by Crippen LogP contribution is 2.10. The molecule has 0 aromatic heterocycles. The van der Waals surface area contributed by atoms with Gasteiger partial charge in [0.05, 0.1) is 4.90 Å². The van der Waals surface area contributed by atoms with Crippen LogP contribution >= 0.6 is 24.0 Å². The van der Waals surface area contributed by atoms with Crippen molar-refractivity contribution in [1.82, 2.24) is 10.6 Å². The first-order valence-electron chi connectivity index (χ1n) is 8.06. The third-order valence-corrected chi connectivity index (χ3v) is 4.66. The van der Waals surface area contributed by atoms with Crippen LogP contribution in [0, 0.1) is 5.92 Å². The van der Waals surface area contributed by atoms with Crippen molar-refractivity contribution in [3.8, 4) is 0 Å². The number of nitrogens with zero attached hydrogens (tertiary/aromatic N) is 1. The van der Waals surface area contributed by atoms with Crippen LogP contribution in [-0.4, -0.2) is 40.8 Å². The lowest BCUT2D eigenvalue weighted by molar-refractivity contribution is 0.549. The highest BCUT2D eigenvalue weighted by Gasteiger charge is 2.06. The molecule has 0 amide bonds. The molecule has 0 aliphatic carbocycles. The summed E-state index contributed by atoms with van der Waals surface area (Å²) in [4.78, 5) is 4.56. The Bertz CT molecular complexity index is 599. The van der Waals surface area contributed by atoms with Crippen LogP contribution in [0.25, 0.3) is 0 Å². The lowest BCUT2D eigenvalue weighted by atomic mass is 10.1. The van der Waals surface area contributed by atoms with Gasteiger partial charge in [-0.25, -0.2) is 8.42 Å². The van der Waals surface area contributed by atoms with Gasteiger partial charge >= 0.3 is 0 Å². The van der Waals surface area contributed by atoms with Crippen LogP contribution in [0.1, 0.15) is 32.3 Å². The topological polar surface area (TPSA) is 70.6 Å². The zero-order valence-electron chi connectivity index (χ0n) is 15.0. The first kappa shape index (κ1) is 23.2. The minimum atomic E-state index is -3.12. The Labute approximate surface area is 163 Å². The van der Waals surface area contributed by atoms with Crippen molar-refractivity contribution in [2.45, 2.75) is 38.0 Å². The predicted octanol–water partition coefficient (Wildman–Crippen LogP) is 2.85. The molecule has 24 heavy (non-hydrogen) atoms. The molecule has 138 valence electrons. The van der Waals surface area contributed by atoms with E-state index in [2.05, 4.69) is 29.5 Å². The third kappa shape index (κ3) is 9.46. The van der Waals surface area contributed by atoms with Crippen LogP contribution in [0.3, 0.4) is 0 Å². The van der Waals surface area contributed by atoms with Crippen molar-refractivity contribution in [3.05, 3.63) is 29.8 Å². The summed E-state index contributed by atoms with van der Waals surface area (Å²) >= 11 is 0. The number of rotatable bonds is 8. The number of nitrogens with one attached hydrogen (secondary N) is 2. The van der Waals surface area contributed by atoms with E-state index < -0.39 is 9.84 Å². The summed E-state index contributed by atoms with van der Waals surface area (Å²) in [7, 11) is -1.36. The second-order valence-corrected chi connectivity index (χ2v) is 8.14. The van der Waals surface area contributed by atoms with Crippen molar-refractivity contribution in [2.75, 3.05) is 26.4 Å². The Kier molecular flexibility index (Phi) is 11.3. The van der Waals surface area contributed by atoms with Crippen molar-refractivity contribution >= 4 is 39.8 Å². The molecular weight excluding hydrogens is 437 g/mol. The van der Waals surface area contributed by atoms with E-state index in [1.54, 1.807) is 19.2 Å². The molecule has 0 aliphatic heterocycles. The molecule has 0 heterocycles. The summed E-state index contributed by atoms with van der Waals surface area (Å²) in [6.07, 6.45) is 4.37. The van der Waals surface area contributed by atoms with E-state index in [0.29, 0.717) is 4.90 Å². The van der Waals surface area contributed by atoms with E-state index >= 15 is 0 Å². The molecule has 5 nitrogen and oxygen atoms in total. The molecular formula is C17H30IN3O2S. The normalized spacial score (nSPS) is 12.0. The average Bonchev–Trinajstić information content (AvgIpc) is 2.49. The second-order valence-electron chi connectivity index (χ2n) is 6.13. The summed E-state index contributed by atoms with van der Waals surface area (Å²) in [6, 6.07) is 7.03. The van der Waals surface area contributed by atoms with Crippen molar-refractivity contribution < 1.29 is 8.42 Å². The van der Waals surface area contributed by atoms with E-state index in [1.807, 2.05) is 12.1 Å². The van der Waals surface area contributed by atoms with E-state index in [0.717, 1.165) is 43.4 Å². The van der Waals surface area contributed by atoms with Crippen LogP contribution in [0.2, 0.25) is 0 Å². The first-order chi connectivity index (χ1) is 10.8. The maximum absolute atomic E-state index is 11.4. The average molecular weight is 467 g/mol. The minimum absolute atomic E-state index is 0. The van der Waals surface area contributed by atoms with Gasteiger partial charge in [-0.15, -0.1) is 24.0 Å². The van der Waals surface area contributed by atoms with Gasteiger partial charge in [-0.2, -0.15) is 0 Å². The fourth-order valence-corrected chi connectivity index (χ4v) is 2.80. The highest BCUT2D eigenvalue weighted by atomic mass is 127. The van der Waals surface area contributed by atoms with Crippen LogP contribution in [0.15, 0.2) is 34.2 Å². The van der Waals surface area contributed by atoms with Crippen molar-refractivity contribution in [1.29, 1.82) is 0 Å². The summed E-state index contributed by atoms with van der Waals surface area (Å²) in [5, 5.41) is 6.57. The van der Waals surface area contributed by atoms with Gasteiger partial charge in [-0.05, 0) is 42.9 Å². The number of hydrogen-bond acceptors (Lipinski definition) is 3. The molecule has 1 aromatic rings. The monoisotopic (exact) mass is 467 g/mol. The molecule has 0 atom stereocenters. The summed E-state index contributed by atoms with van der Waals surface area (Å²) < 4.78 is 22.8. The van der Waals surface area contributed by atoms with E-state index in [-0.39, 0.29) is 24.0 Å². The summed E-state index contributed by atoms with van der Waals surface area (Å²) in [6.45, 7) is 6.12. The molecule has 0 spiro atoms. The quantitative estimate of drug-likeness (QED) is 0.267. The third-order valence-electron chi connectivity index (χ3n) is 3.53. The Balaban J connectivity index is 0.00000529. The summed E-state index contributed by atoms with van der Waals surface area (Å²) in [5.41, 5.74) is 1.10. The fourth-order valence-electron chi connectivity index (χ4n) is 2.17. The Morgan fingerprint density at radius 2 is 1.71 bits per heavy atom. The standard InChI is InChI=1S/C17H29N3O2S.HI/c1-14(2)6-5-12-19-17(18-3)20-13-11-15-7-9-16(10-8-15)23(4,21)22;/h7-10,14H,5-6,11-13H2,1-4H3,(H2,18,19,20);1H. The Hall–Kier alpha value is -0.830. The maximum atomic E-state index is 11.4. The Morgan fingerprint density at radius 3 is 2.21 bits per heavy atom. The maximum Gasteiger partial charge on any atom is 0.190 e. The molecule has 0 aliphatic rings. The van der Waals surface area contributed by atoms with Crippen molar-refractivity contribution in [2.24, 2.45) is 10.9 Å². The van der Waals surface area contributed by atoms with Gasteiger partial charge < -0.3 is 10.6 Å². The van der Waals surface area contributed by atoms with Gasteiger partial charge in [0.15, 0.2) is 15.8 Å². The second kappa shape index (κ2) is 11.7. The molecule has 1 rings (SSSR count). The SMILES string of the molecule is CN=C(NCCCC(C)C)NCCc1ccc(S(C)(=O)=O)cc1.I. The fraction of sp³-hybridized carbons (Fsp3) is 0.588. The van der Waals surface area contributed by atoms with Gasteiger partial charge in [-0.1, -0.05) is 26.0 Å². The number of hydrogen-bond donors (Lipinski definition) is 2. The van der Waals surface area contributed by atoms with Crippen LogP contribution in [-0.2, 0) is 16.3 Å². The number of halogens is 1. The number of sulfone groups is 1. The predicted molar refractivity (Wildman–Crippen MR) is 112 cm³/mol. The lowest BCUT2D eigenvalue weighted by Gasteiger charge is -2.12. The molecule has 0 radical (unpaired) electrons. The van der Waals surface area contributed by atoms with Crippen molar-refractivity contribution in [3.63, 3.8) is 0 Å². The zero-order chi connectivity index (χ0) is 17.3. The summed E-state index contributed by atoms with van der Waals surface area (Å²) in [5.74, 6) is 1.53. The van der Waals surface area contributed by atoms with Crippen LogP contribution in [0.5, 0.6) is 0 Å². The van der Waals surface area contributed by atoms with Gasteiger partial charge in [-0.3, -0.25) is 4.99 Å². The Morgan fingerprint density at radius 1 is 1.12 bits per heavy atom. The van der Waals surface area contributed by atoms with Crippen LogP contribution < -0.4 is 10.6 Å². The molecule has 2 N–H and O–H groups in total. The zero-order valence-corrected chi connectivity index (χ0v) is 18.1. The number of guanidine groups is 1. The van der Waals surface area contributed by atoms with Gasteiger partial charge in [0.2, 0.25) is 0 Å². The molecule has 0 bridgehead atoms. The first-order valence-corrected chi connectivity index (χ1v) is 9.95. The van der Waals surface area contributed by atoms with Gasteiger partial charge in [0.1, 0.15) is 0 Å². The smallest absolute Gasteiger partial charge is 0.190 e. The molecule has 1 aromatic carbocycles. The van der Waals surface area contributed by atoms with E-state index in [9.17, 15) is 8.42 Å². The molecule has 7 heteroatoms. The van der Waals surface area contributed by atoms with Gasteiger partial charge in [0.25, 0.3) is 0 Å². The molecule has 0 fully saturated rings. The van der Waals surface area contributed by atoms with E-state index in [1.165, 1.54) is 12.7 Å². The number of benzene rings is 1. The van der Waals surface area contributed by atoms with E-state index in [4.69, 9.17) is 0 Å². The molecule has 0 saturated carbocycles. The van der Waals surface area contributed by atoms with Gasteiger partial charge in [0, 0.05) is 26.4 Å².